The van der Waals surface area contributed by atoms with E-state index in [-0.39, 0.29) is 5.82 Å². The molecular formula is C16H14BrFO2. The van der Waals surface area contributed by atoms with Crippen molar-refractivity contribution in [2.24, 2.45) is 0 Å². The molecule has 2 rings (SSSR count). The molecule has 0 aliphatic rings. The number of carbonyl (C=O) groups is 1. The summed E-state index contributed by atoms with van der Waals surface area (Å²) < 4.78 is 13.6. The first-order chi connectivity index (χ1) is 9.58. The molecule has 104 valence electrons. The zero-order valence-electron chi connectivity index (χ0n) is 10.7. The van der Waals surface area contributed by atoms with Crippen molar-refractivity contribution in [3.05, 3.63) is 69.9 Å². The lowest BCUT2D eigenvalue weighted by atomic mass is 9.92. The summed E-state index contributed by atoms with van der Waals surface area (Å²) in [6.07, 6.45) is 1.07. The van der Waals surface area contributed by atoms with Crippen molar-refractivity contribution < 1.29 is 14.3 Å². The third kappa shape index (κ3) is 3.67. The van der Waals surface area contributed by atoms with Gasteiger partial charge in [-0.2, -0.15) is 0 Å². The Morgan fingerprint density at radius 3 is 2.50 bits per heavy atom. The Kier molecular flexibility index (Phi) is 4.90. The van der Waals surface area contributed by atoms with Gasteiger partial charge in [-0.25, -0.2) is 4.39 Å². The standard InChI is InChI=1S/C16H14BrFO2/c17-14-10-11(7-9-15(14)18)6-8-13(16(19)20)12-4-2-1-3-5-12/h1-5,7,9-10,13H,6,8H2,(H,19,20). The molecule has 1 unspecified atom stereocenters. The van der Waals surface area contributed by atoms with Gasteiger partial charge in [-0.05, 0) is 52.0 Å². The van der Waals surface area contributed by atoms with Crippen molar-refractivity contribution in [3.8, 4) is 0 Å². The van der Waals surface area contributed by atoms with E-state index in [1.807, 2.05) is 30.3 Å². The van der Waals surface area contributed by atoms with Crippen molar-refractivity contribution in [1.82, 2.24) is 0 Å². The lowest BCUT2D eigenvalue weighted by molar-refractivity contribution is -0.138. The van der Waals surface area contributed by atoms with Crippen molar-refractivity contribution in [1.29, 1.82) is 0 Å². The van der Waals surface area contributed by atoms with Gasteiger partial charge in [0.2, 0.25) is 0 Å². The Morgan fingerprint density at radius 2 is 1.90 bits per heavy atom. The summed E-state index contributed by atoms with van der Waals surface area (Å²) in [5.74, 6) is -1.69. The molecule has 1 N–H and O–H groups in total. The Hall–Kier alpha value is -1.68. The molecule has 0 bridgehead atoms. The minimum Gasteiger partial charge on any atom is -0.481 e. The summed E-state index contributed by atoms with van der Waals surface area (Å²) in [6.45, 7) is 0. The van der Waals surface area contributed by atoms with Crippen LogP contribution in [0.2, 0.25) is 0 Å². The Labute approximate surface area is 125 Å². The van der Waals surface area contributed by atoms with E-state index in [1.54, 1.807) is 12.1 Å². The molecule has 0 saturated carbocycles. The fourth-order valence-corrected chi connectivity index (χ4v) is 2.55. The van der Waals surface area contributed by atoms with Gasteiger partial charge >= 0.3 is 5.97 Å². The largest absolute Gasteiger partial charge is 0.481 e. The van der Waals surface area contributed by atoms with Crippen molar-refractivity contribution in [3.63, 3.8) is 0 Å². The molecule has 0 spiro atoms. The minimum absolute atomic E-state index is 0.313. The summed E-state index contributed by atoms with van der Waals surface area (Å²) in [5, 5.41) is 9.33. The lowest BCUT2D eigenvalue weighted by Gasteiger charge is -2.12. The lowest BCUT2D eigenvalue weighted by Crippen LogP contribution is -2.12. The van der Waals surface area contributed by atoms with Crippen LogP contribution in [0.25, 0.3) is 0 Å². The van der Waals surface area contributed by atoms with Crippen LogP contribution in [-0.2, 0) is 11.2 Å². The van der Waals surface area contributed by atoms with Crippen molar-refractivity contribution in [2.75, 3.05) is 0 Å². The summed E-state index contributed by atoms with van der Waals surface area (Å²) in [5.41, 5.74) is 1.71. The summed E-state index contributed by atoms with van der Waals surface area (Å²) in [7, 11) is 0. The van der Waals surface area contributed by atoms with Crippen LogP contribution in [0.5, 0.6) is 0 Å². The molecule has 0 radical (unpaired) electrons. The van der Waals surface area contributed by atoms with Crippen molar-refractivity contribution in [2.45, 2.75) is 18.8 Å². The van der Waals surface area contributed by atoms with Gasteiger partial charge in [-0.15, -0.1) is 0 Å². The molecule has 0 aromatic heterocycles. The van der Waals surface area contributed by atoms with Gasteiger partial charge < -0.3 is 5.11 Å². The topological polar surface area (TPSA) is 37.3 Å². The zero-order valence-corrected chi connectivity index (χ0v) is 12.3. The second kappa shape index (κ2) is 6.66. The molecule has 0 aliphatic carbocycles. The fraction of sp³-hybridized carbons (Fsp3) is 0.188. The normalized spacial score (nSPS) is 12.1. The molecule has 0 amide bonds. The van der Waals surface area contributed by atoms with E-state index in [9.17, 15) is 14.3 Å². The van der Waals surface area contributed by atoms with Gasteiger partial charge in [0.25, 0.3) is 0 Å². The number of hydrogen-bond donors (Lipinski definition) is 1. The van der Waals surface area contributed by atoms with Crippen LogP contribution in [0.15, 0.2) is 53.0 Å². The summed E-state index contributed by atoms with van der Waals surface area (Å²) in [4.78, 5) is 11.4. The SMILES string of the molecule is O=C(O)C(CCc1ccc(F)c(Br)c1)c1ccccc1. The van der Waals surface area contributed by atoms with E-state index in [2.05, 4.69) is 15.9 Å². The average molecular weight is 337 g/mol. The maximum absolute atomic E-state index is 13.1. The second-order valence-electron chi connectivity index (χ2n) is 4.59. The van der Waals surface area contributed by atoms with E-state index in [0.717, 1.165) is 11.1 Å². The molecule has 2 nitrogen and oxygen atoms in total. The van der Waals surface area contributed by atoms with E-state index < -0.39 is 11.9 Å². The summed E-state index contributed by atoms with van der Waals surface area (Å²) in [6, 6.07) is 13.9. The first-order valence-corrected chi connectivity index (χ1v) is 7.09. The molecule has 2 aromatic rings. The molecular weight excluding hydrogens is 323 g/mol. The predicted molar refractivity (Wildman–Crippen MR) is 79.2 cm³/mol. The highest BCUT2D eigenvalue weighted by atomic mass is 79.9. The van der Waals surface area contributed by atoms with Crippen LogP contribution in [0.1, 0.15) is 23.5 Å². The molecule has 0 fully saturated rings. The quantitative estimate of drug-likeness (QED) is 0.879. The zero-order chi connectivity index (χ0) is 14.5. The van der Waals surface area contributed by atoms with Crippen LogP contribution in [0, 0.1) is 5.82 Å². The molecule has 0 aliphatic heterocycles. The van der Waals surface area contributed by atoms with E-state index in [0.29, 0.717) is 17.3 Å². The molecule has 20 heavy (non-hydrogen) atoms. The van der Waals surface area contributed by atoms with Crippen molar-refractivity contribution >= 4 is 21.9 Å². The Balaban J connectivity index is 2.10. The number of benzene rings is 2. The molecule has 4 heteroatoms. The minimum atomic E-state index is -0.836. The van der Waals surface area contributed by atoms with E-state index in [4.69, 9.17) is 0 Å². The Bertz CT molecular complexity index is 599. The van der Waals surface area contributed by atoms with Gasteiger partial charge in [-0.3, -0.25) is 4.79 Å². The monoisotopic (exact) mass is 336 g/mol. The van der Waals surface area contributed by atoms with Gasteiger partial charge in [0, 0.05) is 0 Å². The predicted octanol–water partition coefficient (Wildman–Crippen LogP) is 4.39. The third-order valence-corrected chi connectivity index (χ3v) is 3.81. The van der Waals surface area contributed by atoms with Crippen LogP contribution in [0.3, 0.4) is 0 Å². The second-order valence-corrected chi connectivity index (χ2v) is 5.44. The number of halogens is 2. The van der Waals surface area contributed by atoms with E-state index >= 15 is 0 Å². The highest BCUT2D eigenvalue weighted by molar-refractivity contribution is 9.10. The maximum atomic E-state index is 13.1. The number of carboxylic acids is 1. The fourth-order valence-electron chi connectivity index (χ4n) is 2.12. The number of rotatable bonds is 5. The highest BCUT2D eigenvalue weighted by Crippen LogP contribution is 2.24. The van der Waals surface area contributed by atoms with Gasteiger partial charge in [0.15, 0.2) is 0 Å². The van der Waals surface area contributed by atoms with Gasteiger partial charge in [0.05, 0.1) is 10.4 Å². The first-order valence-electron chi connectivity index (χ1n) is 6.29. The first kappa shape index (κ1) is 14.7. The summed E-state index contributed by atoms with van der Waals surface area (Å²) >= 11 is 3.14. The number of aryl methyl sites for hydroxylation is 1. The molecule has 0 saturated heterocycles. The van der Waals surface area contributed by atoms with Crippen LogP contribution in [-0.4, -0.2) is 11.1 Å². The number of aliphatic carboxylic acids is 1. The maximum Gasteiger partial charge on any atom is 0.310 e. The molecule has 0 heterocycles. The Morgan fingerprint density at radius 1 is 1.20 bits per heavy atom. The molecule has 2 aromatic carbocycles. The smallest absolute Gasteiger partial charge is 0.310 e. The third-order valence-electron chi connectivity index (χ3n) is 3.21. The van der Waals surface area contributed by atoms with Crippen LogP contribution < -0.4 is 0 Å². The van der Waals surface area contributed by atoms with Crippen LogP contribution in [0.4, 0.5) is 4.39 Å². The molecule has 1 atom stereocenters. The number of carboxylic acid groups (broad SMARTS) is 1. The van der Waals surface area contributed by atoms with Gasteiger partial charge in [-0.1, -0.05) is 36.4 Å². The van der Waals surface area contributed by atoms with E-state index in [1.165, 1.54) is 6.07 Å². The highest BCUT2D eigenvalue weighted by Gasteiger charge is 2.19. The number of hydrogen-bond acceptors (Lipinski definition) is 1. The van der Waals surface area contributed by atoms with Gasteiger partial charge in [0.1, 0.15) is 5.82 Å². The average Bonchev–Trinajstić information content (AvgIpc) is 2.44. The van der Waals surface area contributed by atoms with Crippen LogP contribution >= 0.6 is 15.9 Å².